The number of nitrogens with one attached hydrogen (secondary N) is 1. The molecule has 4 rings (SSSR count). The zero-order valence-corrected chi connectivity index (χ0v) is 19.2. The van der Waals surface area contributed by atoms with Crippen LogP contribution in [0.5, 0.6) is 0 Å². The second-order valence-corrected chi connectivity index (χ2v) is 10.4. The molecule has 2 fully saturated rings. The number of piperazine rings is 1. The number of hydrogen-bond donors (Lipinski definition) is 1. The van der Waals surface area contributed by atoms with Gasteiger partial charge >= 0.3 is 0 Å². The van der Waals surface area contributed by atoms with Crippen molar-refractivity contribution in [3.63, 3.8) is 0 Å². The Morgan fingerprint density at radius 2 is 1.72 bits per heavy atom. The van der Waals surface area contributed by atoms with Crippen LogP contribution >= 0.6 is 0 Å². The topological polar surface area (TPSA) is 98.7 Å². The van der Waals surface area contributed by atoms with Gasteiger partial charge in [0.2, 0.25) is 15.9 Å². The van der Waals surface area contributed by atoms with Crippen LogP contribution in [0, 0.1) is 5.92 Å². The summed E-state index contributed by atoms with van der Waals surface area (Å²) in [5.41, 5.74) is 1.32. The van der Waals surface area contributed by atoms with Crippen LogP contribution in [0.25, 0.3) is 0 Å². The molecule has 1 amide bonds. The van der Waals surface area contributed by atoms with E-state index in [0.29, 0.717) is 31.7 Å². The van der Waals surface area contributed by atoms with Crippen LogP contribution < -0.4 is 10.2 Å². The van der Waals surface area contributed by atoms with Crippen LogP contribution in [0.2, 0.25) is 0 Å². The Kier molecular flexibility index (Phi) is 7.02. The highest BCUT2D eigenvalue weighted by Crippen LogP contribution is 2.22. The lowest BCUT2D eigenvalue weighted by molar-refractivity contribution is -0.120. The largest absolute Gasteiger partial charge is 0.354 e. The molecule has 0 aliphatic carbocycles. The van der Waals surface area contributed by atoms with E-state index in [-0.39, 0.29) is 11.8 Å². The molecule has 1 aromatic heterocycles. The van der Waals surface area contributed by atoms with Crippen molar-refractivity contribution in [2.45, 2.75) is 19.4 Å². The lowest BCUT2D eigenvalue weighted by Gasteiger charge is -2.35. The van der Waals surface area contributed by atoms with Crippen LogP contribution in [-0.4, -0.2) is 79.0 Å². The van der Waals surface area contributed by atoms with Crippen LogP contribution in [0.15, 0.2) is 42.7 Å². The summed E-state index contributed by atoms with van der Waals surface area (Å²) < 4.78 is 24.7. The average Bonchev–Trinajstić information content (AvgIpc) is 2.80. The van der Waals surface area contributed by atoms with E-state index in [4.69, 9.17) is 0 Å². The molecule has 10 heteroatoms. The van der Waals surface area contributed by atoms with Crippen molar-refractivity contribution in [2.24, 2.45) is 5.92 Å². The molecule has 0 saturated carbocycles. The van der Waals surface area contributed by atoms with Gasteiger partial charge in [-0.25, -0.2) is 22.7 Å². The van der Waals surface area contributed by atoms with E-state index in [9.17, 15) is 13.2 Å². The first kappa shape index (κ1) is 22.6. The molecule has 172 valence electrons. The minimum absolute atomic E-state index is 0.115. The first-order valence-corrected chi connectivity index (χ1v) is 12.8. The normalized spacial score (nSPS) is 19.1. The van der Waals surface area contributed by atoms with E-state index in [0.717, 1.165) is 38.5 Å². The second-order valence-electron chi connectivity index (χ2n) is 8.44. The smallest absolute Gasteiger partial charge is 0.228 e. The molecule has 0 spiro atoms. The number of amides is 1. The highest BCUT2D eigenvalue weighted by atomic mass is 32.2. The van der Waals surface area contributed by atoms with Crippen LogP contribution in [0.4, 0.5) is 11.6 Å². The minimum atomic E-state index is -3.20. The molecule has 1 N–H and O–H groups in total. The molecular weight excluding hydrogens is 428 g/mol. The van der Waals surface area contributed by atoms with Crippen LogP contribution in [-0.2, 0) is 21.4 Å². The predicted molar refractivity (Wildman–Crippen MR) is 124 cm³/mol. The van der Waals surface area contributed by atoms with Crippen molar-refractivity contribution in [3.05, 3.63) is 48.3 Å². The third-order valence-electron chi connectivity index (χ3n) is 6.14. The maximum atomic E-state index is 12.7. The number of carbonyl (C=O) groups is 1. The van der Waals surface area contributed by atoms with Crippen molar-refractivity contribution in [2.75, 3.05) is 55.7 Å². The Balaban J connectivity index is 1.29. The van der Waals surface area contributed by atoms with E-state index < -0.39 is 10.0 Å². The fourth-order valence-electron chi connectivity index (χ4n) is 4.24. The van der Waals surface area contributed by atoms with Gasteiger partial charge in [0, 0.05) is 57.8 Å². The standard InChI is InChI=1S/C22H30N6O3S/c1-32(30,31)28-9-7-19(8-10-28)22(29)25-20-15-21(24-17-23-20)27-13-11-26(12-14-27)16-18-5-3-2-4-6-18/h2-6,15,17,19H,7-14,16H2,1H3,(H,23,24,25,29). The summed E-state index contributed by atoms with van der Waals surface area (Å²) >= 11 is 0. The van der Waals surface area contributed by atoms with E-state index in [1.165, 1.54) is 22.5 Å². The first-order valence-electron chi connectivity index (χ1n) is 11.0. The Bertz CT molecular complexity index is 1020. The second kappa shape index (κ2) is 9.93. The molecule has 2 aliphatic rings. The van der Waals surface area contributed by atoms with Crippen molar-refractivity contribution in [3.8, 4) is 0 Å². The van der Waals surface area contributed by atoms with Crippen LogP contribution in [0.3, 0.4) is 0 Å². The summed E-state index contributed by atoms with van der Waals surface area (Å²) in [4.78, 5) is 25.9. The number of hydrogen-bond acceptors (Lipinski definition) is 7. The fourth-order valence-corrected chi connectivity index (χ4v) is 5.12. The maximum absolute atomic E-state index is 12.7. The molecule has 0 bridgehead atoms. The number of carbonyl (C=O) groups excluding carboxylic acids is 1. The summed E-state index contributed by atoms with van der Waals surface area (Å²) in [6, 6.07) is 12.3. The molecule has 32 heavy (non-hydrogen) atoms. The van der Waals surface area contributed by atoms with Gasteiger partial charge in [-0.05, 0) is 18.4 Å². The lowest BCUT2D eigenvalue weighted by atomic mass is 9.97. The molecule has 0 radical (unpaired) electrons. The molecule has 2 saturated heterocycles. The van der Waals surface area contributed by atoms with E-state index in [2.05, 4.69) is 49.4 Å². The summed E-state index contributed by atoms with van der Waals surface area (Å²) in [6.45, 7) is 5.30. The van der Waals surface area contributed by atoms with Gasteiger partial charge in [-0.1, -0.05) is 30.3 Å². The minimum Gasteiger partial charge on any atom is -0.354 e. The van der Waals surface area contributed by atoms with Crippen molar-refractivity contribution < 1.29 is 13.2 Å². The number of anilines is 2. The number of benzene rings is 1. The van der Waals surface area contributed by atoms with E-state index in [1.807, 2.05) is 12.1 Å². The molecule has 2 aromatic rings. The van der Waals surface area contributed by atoms with Crippen molar-refractivity contribution >= 4 is 27.6 Å². The number of piperidine rings is 1. The van der Waals surface area contributed by atoms with Crippen LogP contribution in [0.1, 0.15) is 18.4 Å². The highest BCUT2D eigenvalue weighted by Gasteiger charge is 2.29. The van der Waals surface area contributed by atoms with Crippen molar-refractivity contribution in [1.82, 2.24) is 19.2 Å². The van der Waals surface area contributed by atoms with Gasteiger partial charge in [0.25, 0.3) is 0 Å². The third kappa shape index (κ3) is 5.81. The SMILES string of the molecule is CS(=O)(=O)N1CCC(C(=O)Nc2cc(N3CCN(Cc4ccccc4)CC3)ncn2)CC1. The van der Waals surface area contributed by atoms with Gasteiger partial charge < -0.3 is 10.2 Å². The first-order chi connectivity index (χ1) is 15.4. The molecule has 2 aliphatic heterocycles. The average molecular weight is 459 g/mol. The summed E-state index contributed by atoms with van der Waals surface area (Å²) in [5, 5.41) is 2.89. The number of aromatic nitrogens is 2. The Morgan fingerprint density at radius 1 is 1.03 bits per heavy atom. The maximum Gasteiger partial charge on any atom is 0.228 e. The summed E-state index contributed by atoms with van der Waals surface area (Å²) in [6.07, 6.45) is 3.71. The zero-order chi connectivity index (χ0) is 22.6. The van der Waals surface area contributed by atoms with E-state index >= 15 is 0 Å². The van der Waals surface area contributed by atoms with Gasteiger partial charge in [-0.15, -0.1) is 0 Å². The van der Waals surface area contributed by atoms with Gasteiger partial charge in [0.1, 0.15) is 18.0 Å². The molecule has 0 atom stereocenters. The summed E-state index contributed by atoms with van der Waals surface area (Å²) in [5.74, 6) is 0.960. The van der Waals surface area contributed by atoms with Gasteiger partial charge in [-0.2, -0.15) is 0 Å². The Labute approximate surface area is 189 Å². The molecular formula is C22H30N6O3S. The number of sulfonamides is 1. The monoisotopic (exact) mass is 458 g/mol. The predicted octanol–water partition coefficient (Wildman–Crippen LogP) is 1.41. The lowest BCUT2D eigenvalue weighted by Crippen LogP contribution is -2.46. The molecule has 0 unspecified atom stereocenters. The van der Waals surface area contributed by atoms with Crippen molar-refractivity contribution in [1.29, 1.82) is 0 Å². The number of nitrogens with zero attached hydrogens (tertiary/aromatic N) is 5. The van der Waals surface area contributed by atoms with Gasteiger partial charge in [-0.3, -0.25) is 9.69 Å². The highest BCUT2D eigenvalue weighted by molar-refractivity contribution is 7.88. The Morgan fingerprint density at radius 3 is 2.38 bits per heavy atom. The zero-order valence-electron chi connectivity index (χ0n) is 18.4. The third-order valence-corrected chi connectivity index (χ3v) is 7.45. The quantitative estimate of drug-likeness (QED) is 0.699. The fraction of sp³-hybridized carbons (Fsp3) is 0.500. The number of rotatable bonds is 6. The molecule has 9 nitrogen and oxygen atoms in total. The van der Waals surface area contributed by atoms with Gasteiger partial charge in [0.05, 0.1) is 6.26 Å². The molecule has 1 aromatic carbocycles. The summed E-state index contributed by atoms with van der Waals surface area (Å²) in [7, 11) is -3.20. The Hall–Kier alpha value is -2.56. The van der Waals surface area contributed by atoms with Gasteiger partial charge in [0.15, 0.2) is 0 Å². The molecule has 3 heterocycles. The van der Waals surface area contributed by atoms with E-state index in [1.54, 1.807) is 0 Å².